The molecule has 0 amide bonds. The number of rotatable bonds is 18. The van der Waals surface area contributed by atoms with Gasteiger partial charge in [-0.3, -0.25) is 0 Å². The van der Waals surface area contributed by atoms with Gasteiger partial charge < -0.3 is 33.2 Å². The van der Waals surface area contributed by atoms with Gasteiger partial charge in [0.2, 0.25) is 0 Å². The zero-order chi connectivity index (χ0) is 24.6. The van der Waals surface area contributed by atoms with Crippen LogP contribution in [-0.2, 0) is 23.7 Å². The highest BCUT2D eigenvalue weighted by Gasteiger charge is 2.18. The van der Waals surface area contributed by atoms with Gasteiger partial charge in [-0.05, 0) is 56.9 Å². The van der Waals surface area contributed by atoms with Crippen molar-refractivity contribution < 1.29 is 33.2 Å². The molecule has 190 valence electrons. The number of benzene rings is 2. The van der Waals surface area contributed by atoms with E-state index in [2.05, 4.69) is 0 Å². The minimum Gasteiger partial charge on any atom is -0.432 e. The van der Waals surface area contributed by atoms with Crippen molar-refractivity contribution in [1.29, 1.82) is 0 Å². The highest BCUT2D eigenvalue weighted by Crippen LogP contribution is 2.27. The average molecular weight is 477 g/mol. The van der Waals surface area contributed by atoms with Crippen molar-refractivity contribution in [3.63, 3.8) is 0 Å². The molecule has 0 aliphatic rings. The highest BCUT2D eigenvalue weighted by molar-refractivity contribution is 5.41. The molecule has 0 spiro atoms. The molecule has 2 aromatic carbocycles. The molecule has 0 saturated heterocycles. The van der Waals surface area contributed by atoms with Crippen LogP contribution in [0.1, 0.15) is 29.2 Å². The van der Waals surface area contributed by atoms with Crippen LogP contribution in [-0.4, -0.2) is 65.9 Å². The van der Waals surface area contributed by atoms with Gasteiger partial charge in [-0.15, -0.1) is 0 Å². The summed E-state index contributed by atoms with van der Waals surface area (Å²) in [7, 11) is 0. The van der Waals surface area contributed by atoms with Crippen molar-refractivity contribution in [2.75, 3.05) is 59.5 Å². The molecular formula is C27H40O7. The zero-order valence-electron chi connectivity index (χ0n) is 21.3. The molecule has 0 radical (unpaired) electrons. The predicted octanol–water partition coefficient (Wildman–Crippen LogP) is 4.76. The summed E-state index contributed by atoms with van der Waals surface area (Å²) >= 11 is 0. The van der Waals surface area contributed by atoms with Crippen LogP contribution in [0.4, 0.5) is 0 Å². The molecule has 7 nitrogen and oxygen atoms in total. The van der Waals surface area contributed by atoms with Crippen LogP contribution in [0.25, 0.3) is 0 Å². The van der Waals surface area contributed by atoms with Crippen molar-refractivity contribution in [2.24, 2.45) is 0 Å². The van der Waals surface area contributed by atoms with E-state index in [0.29, 0.717) is 59.5 Å². The summed E-state index contributed by atoms with van der Waals surface area (Å²) in [4.78, 5) is 0. The minimum atomic E-state index is -0.895. The molecular weight excluding hydrogens is 436 g/mol. The molecule has 0 heterocycles. The summed E-state index contributed by atoms with van der Waals surface area (Å²) in [5.41, 5.74) is 4.09. The second kappa shape index (κ2) is 16.5. The Hall–Kier alpha value is -2.16. The second-order valence-corrected chi connectivity index (χ2v) is 7.87. The Morgan fingerprint density at radius 3 is 1.26 bits per heavy atom. The molecule has 0 saturated carbocycles. The van der Waals surface area contributed by atoms with E-state index in [0.717, 1.165) is 33.8 Å². The summed E-state index contributed by atoms with van der Waals surface area (Å²) in [6.45, 7) is 13.8. The molecule has 34 heavy (non-hydrogen) atoms. The quantitative estimate of drug-likeness (QED) is 0.227. The lowest BCUT2D eigenvalue weighted by atomic mass is 10.1. The molecule has 2 rings (SSSR count). The summed E-state index contributed by atoms with van der Waals surface area (Å²) in [5, 5.41) is 0. The van der Waals surface area contributed by atoms with Crippen molar-refractivity contribution in [2.45, 2.75) is 41.1 Å². The van der Waals surface area contributed by atoms with E-state index >= 15 is 0 Å². The normalized spacial score (nSPS) is 11.2. The maximum absolute atomic E-state index is 6.15. The average Bonchev–Trinajstić information content (AvgIpc) is 2.81. The van der Waals surface area contributed by atoms with Gasteiger partial charge in [-0.2, -0.15) is 0 Å². The van der Waals surface area contributed by atoms with Gasteiger partial charge in [0.1, 0.15) is 11.5 Å². The molecule has 0 aliphatic heterocycles. The SMILES string of the molecule is CCOCCOCCOCCOCCOC(Oc1c(C)cccc1C)Oc1c(C)cccc1C. The smallest absolute Gasteiger partial charge is 0.361 e. The van der Waals surface area contributed by atoms with E-state index in [9.17, 15) is 0 Å². The molecule has 0 fully saturated rings. The molecule has 0 bridgehead atoms. The Balaban J connectivity index is 1.75. The first-order valence-corrected chi connectivity index (χ1v) is 11.9. The first-order chi connectivity index (χ1) is 16.5. The highest BCUT2D eigenvalue weighted by atomic mass is 16.8. The number of para-hydroxylation sites is 2. The third kappa shape index (κ3) is 10.4. The van der Waals surface area contributed by atoms with Gasteiger partial charge in [0, 0.05) is 6.61 Å². The van der Waals surface area contributed by atoms with Crippen molar-refractivity contribution in [1.82, 2.24) is 0 Å². The maximum Gasteiger partial charge on any atom is 0.361 e. The van der Waals surface area contributed by atoms with E-state index in [-0.39, 0.29) is 0 Å². The third-order valence-corrected chi connectivity index (χ3v) is 5.05. The minimum absolute atomic E-state index is 0.320. The first kappa shape index (κ1) is 28.1. The van der Waals surface area contributed by atoms with Crippen LogP contribution in [0.3, 0.4) is 0 Å². The Labute approximate surface area is 204 Å². The van der Waals surface area contributed by atoms with Crippen LogP contribution in [0.2, 0.25) is 0 Å². The van der Waals surface area contributed by atoms with Gasteiger partial charge in [0.25, 0.3) is 0 Å². The van der Waals surface area contributed by atoms with E-state index in [4.69, 9.17) is 33.2 Å². The monoisotopic (exact) mass is 476 g/mol. The van der Waals surface area contributed by atoms with E-state index in [1.807, 2.05) is 71.0 Å². The van der Waals surface area contributed by atoms with Crippen LogP contribution < -0.4 is 9.47 Å². The van der Waals surface area contributed by atoms with Gasteiger partial charge in [-0.25, -0.2) is 0 Å². The maximum atomic E-state index is 6.15. The van der Waals surface area contributed by atoms with E-state index in [1.54, 1.807) is 0 Å². The number of hydrogen-bond acceptors (Lipinski definition) is 7. The van der Waals surface area contributed by atoms with Crippen molar-refractivity contribution in [3.05, 3.63) is 58.7 Å². The van der Waals surface area contributed by atoms with Crippen LogP contribution in [0.5, 0.6) is 11.5 Å². The Bertz CT molecular complexity index is 731. The lowest BCUT2D eigenvalue weighted by Gasteiger charge is -2.24. The number of ether oxygens (including phenoxy) is 7. The zero-order valence-corrected chi connectivity index (χ0v) is 21.3. The third-order valence-electron chi connectivity index (χ3n) is 5.05. The fraction of sp³-hybridized carbons (Fsp3) is 0.556. The molecule has 0 unspecified atom stereocenters. The van der Waals surface area contributed by atoms with Gasteiger partial charge in [0.05, 0.1) is 52.9 Å². The molecule has 2 aromatic rings. The lowest BCUT2D eigenvalue weighted by molar-refractivity contribution is -0.205. The lowest BCUT2D eigenvalue weighted by Crippen LogP contribution is -2.30. The topological polar surface area (TPSA) is 64.6 Å². The van der Waals surface area contributed by atoms with Gasteiger partial charge in [0.15, 0.2) is 0 Å². The number of hydrogen-bond donors (Lipinski definition) is 0. The Morgan fingerprint density at radius 1 is 0.529 bits per heavy atom. The van der Waals surface area contributed by atoms with Gasteiger partial charge >= 0.3 is 6.48 Å². The van der Waals surface area contributed by atoms with Crippen LogP contribution in [0, 0.1) is 27.7 Å². The van der Waals surface area contributed by atoms with E-state index < -0.39 is 6.48 Å². The van der Waals surface area contributed by atoms with Crippen LogP contribution >= 0.6 is 0 Å². The summed E-state index contributed by atoms with van der Waals surface area (Å²) in [5.74, 6) is 1.52. The fourth-order valence-electron chi connectivity index (χ4n) is 3.26. The molecule has 0 atom stereocenters. The fourth-order valence-corrected chi connectivity index (χ4v) is 3.26. The number of aryl methyl sites for hydroxylation is 4. The van der Waals surface area contributed by atoms with Crippen molar-refractivity contribution in [3.8, 4) is 11.5 Å². The van der Waals surface area contributed by atoms with E-state index in [1.165, 1.54) is 0 Å². The van der Waals surface area contributed by atoms with Gasteiger partial charge in [-0.1, -0.05) is 36.4 Å². The molecule has 0 aliphatic carbocycles. The predicted molar refractivity (Wildman–Crippen MR) is 132 cm³/mol. The molecule has 0 aromatic heterocycles. The Morgan fingerprint density at radius 2 is 0.882 bits per heavy atom. The second-order valence-electron chi connectivity index (χ2n) is 7.87. The van der Waals surface area contributed by atoms with Crippen molar-refractivity contribution >= 4 is 0 Å². The standard InChI is InChI=1S/C27H40O7/c1-6-28-13-14-29-15-16-30-17-18-31-19-20-32-27(33-25-21(2)9-7-10-22(25)3)34-26-23(4)11-8-12-24(26)5/h7-12,27H,6,13-20H2,1-5H3. The summed E-state index contributed by atoms with van der Waals surface area (Å²) in [6.07, 6.45) is 0. The Kier molecular flexibility index (Phi) is 13.6. The molecule has 0 N–H and O–H groups in total. The summed E-state index contributed by atoms with van der Waals surface area (Å²) in [6, 6.07) is 12.0. The van der Waals surface area contributed by atoms with Crippen LogP contribution in [0.15, 0.2) is 36.4 Å². The first-order valence-electron chi connectivity index (χ1n) is 11.9. The summed E-state index contributed by atoms with van der Waals surface area (Å²) < 4.78 is 39.9. The molecule has 7 heteroatoms. The largest absolute Gasteiger partial charge is 0.432 e.